The van der Waals surface area contributed by atoms with Crippen LogP contribution >= 0.6 is 11.6 Å². The number of ether oxygens (including phenoxy) is 1. The van der Waals surface area contributed by atoms with Crippen LogP contribution in [-0.2, 0) is 6.61 Å². The molecule has 1 heterocycles. The van der Waals surface area contributed by atoms with Gasteiger partial charge < -0.3 is 4.74 Å². The number of nitrogens with zero attached hydrogens (tertiary/aromatic N) is 1. The Kier molecular flexibility index (Phi) is 3.57. The quantitative estimate of drug-likeness (QED) is 0.690. The summed E-state index contributed by atoms with van der Waals surface area (Å²) < 4.78 is 5.80. The van der Waals surface area contributed by atoms with Crippen molar-refractivity contribution in [2.45, 2.75) is 13.5 Å². The molecule has 0 atom stereocenters. The Hall–Kier alpha value is -2.06. The number of halogens is 1. The molecule has 20 heavy (non-hydrogen) atoms. The highest BCUT2D eigenvalue weighted by molar-refractivity contribution is 6.35. The molecule has 0 aliphatic heterocycles. The van der Waals surface area contributed by atoms with Gasteiger partial charge in [0, 0.05) is 17.1 Å². The molecule has 100 valence electrons. The van der Waals surface area contributed by atoms with E-state index in [4.69, 9.17) is 16.3 Å². The molecule has 0 aliphatic rings. The van der Waals surface area contributed by atoms with E-state index >= 15 is 0 Å². The number of benzene rings is 2. The van der Waals surface area contributed by atoms with Crippen LogP contribution in [0.5, 0.6) is 5.75 Å². The number of hydrogen-bond donors (Lipinski definition) is 0. The molecule has 0 bridgehead atoms. The Morgan fingerprint density at radius 1 is 1.05 bits per heavy atom. The lowest BCUT2D eigenvalue weighted by molar-refractivity contribution is 0.306. The van der Waals surface area contributed by atoms with Crippen molar-refractivity contribution in [2.24, 2.45) is 0 Å². The maximum Gasteiger partial charge on any atom is 0.122 e. The van der Waals surface area contributed by atoms with E-state index in [-0.39, 0.29) is 0 Å². The van der Waals surface area contributed by atoms with Crippen LogP contribution in [0.2, 0.25) is 5.02 Å². The lowest BCUT2D eigenvalue weighted by Crippen LogP contribution is -1.95. The summed E-state index contributed by atoms with van der Waals surface area (Å²) in [7, 11) is 0. The lowest BCUT2D eigenvalue weighted by Gasteiger charge is -2.08. The van der Waals surface area contributed by atoms with Gasteiger partial charge in [-0.05, 0) is 30.7 Å². The van der Waals surface area contributed by atoms with E-state index in [0.29, 0.717) is 6.61 Å². The lowest BCUT2D eigenvalue weighted by atomic mass is 10.2. The summed E-state index contributed by atoms with van der Waals surface area (Å²) in [5, 5.41) is 1.67. The second kappa shape index (κ2) is 5.51. The van der Waals surface area contributed by atoms with Gasteiger partial charge in [0.05, 0.1) is 10.5 Å². The van der Waals surface area contributed by atoms with E-state index < -0.39 is 0 Å². The number of aryl methyl sites for hydroxylation is 1. The van der Waals surface area contributed by atoms with E-state index in [0.717, 1.165) is 32.9 Å². The van der Waals surface area contributed by atoms with Gasteiger partial charge in [-0.25, -0.2) is 0 Å². The molecule has 2 nitrogen and oxygen atoms in total. The van der Waals surface area contributed by atoms with Crippen molar-refractivity contribution in [2.75, 3.05) is 0 Å². The van der Waals surface area contributed by atoms with Crippen LogP contribution in [0.25, 0.3) is 10.9 Å². The van der Waals surface area contributed by atoms with Crippen LogP contribution in [0.1, 0.15) is 11.3 Å². The summed E-state index contributed by atoms with van der Waals surface area (Å²) in [4.78, 5) is 4.49. The summed E-state index contributed by atoms with van der Waals surface area (Å²) >= 11 is 6.21. The van der Waals surface area contributed by atoms with Crippen molar-refractivity contribution in [3.8, 4) is 5.75 Å². The summed E-state index contributed by atoms with van der Waals surface area (Å²) in [6.07, 6.45) is 0. The van der Waals surface area contributed by atoms with Crippen LogP contribution in [-0.4, -0.2) is 4.98 Å². The molecule has 1 aromatic heterocycles. The number of pyridine rings is 1. The summed E-state index contributed by atoms with van der Waals surface area (Å²) in [5.41, 5.74) is 2.91. The molecule has 0 unspecified atom stereocenters. The smallest absolute Gasteiger partial charge is 0.122 e. The fourth-order valence-corrected chi connectivity index (χ4v) is 2.44. The Morgan fingerprint density at radius 3 is 2.65 bits per heavy atom. The number of rotatable bonds is 3. The van der Waals surface area contributed by atoms with Crippen molar-refractivity contribution < 1.29 is 4.74 Å². The summed E-state index contributed by atoms with van der Waals surface area (Å²) in [6, 6.07) is 17.8. The van der Waals surface area contributed by atoms with Crippen LogP contribution < -0.4 is 4.74 Å². The second-order valence-corrected chi connectivity index (χ2v) is 5.11. The van der Waals surface area contributed by atoms with Gasteiger partial charge >= 0.3 is 0 Å². The SMILES string of the molecule is Cc1cc(Cl)c2ccc(OCc3ccccc3)cc2n1. The maximum absolute atomic E-state index is 6.21. The van der Waals surface area contributed by atoms with E-state index in [2.05, 4.69) is 4.98 Å². The number of aromatic nitrogens is 1. The van der Waals surface area contributed by atoms with E-state index in [1.54, 1.807) is 0 Å². The van der Waals surface area contributed by atoms with E-state index in [9.17, 15) is 0 Å². The molecule has 0 fully saturated rings. The molecule has 3 rings (SSSR count). The first-order valence-corrected chi connectivity index (χ1v) is 6.84. The molecule has 0 radical (unpaired) electrons. The minimum absolute atomic E-state index is 0.548. The molecule has 3 heteroatoms. The van der Waals surface area contributed by atoms with Crippen molar-refractivity contribution >= 4 is 22.5 Å². The Bertz CT molecular complexity index is 741. The highest BCUT2D eigenvalue weighted by atomic mass is 35.5. The molecule has 3 aromatic rings. The average molecular weight is 284 g/mol. The van der Waals surface area contributed by atoms with Gasteiger partial charge in [-0.3, -0.25) is 4.98 Å². The fourth-order valence-electron chi connectivity index (χ4n) is 2.12. The van der Waals surface area contributed by atoms with Crippen LogP contribution in [0, 0.1) is 6.92 Å². The van der Waals surface area contributed by atoms with E-state index in [1.165, 1.54) is 0 Å². The molecule has 0 N–H and O–H groups in total. The maximum atomic E-state index is 6.21. The average Bonchev–Trinajstić information content (AvgIpc) is 2.45. The minimum atomic E-state index is 0.548. The monoisotopic (exact) mass is 283 g/mol. The van der Waals surface area contributed by atoms with Gasteiger partial charge in [-0.1, -0.05) is 41.9 Å². The van der Waals surface area contributed by atoms with Crippen molar-refractivity contribution in [1.29, 1.82) is 0 Å². The predicted molar refractivity (Wildman–Crippen MR) is 82.3 cm³/mol. The molecular weight excluding hydrogens is 270 g/mol. The topological polar surface area (TPSA) is 22.1 Å². The highest BCUT2D eigenvalue weighted by Gasteiger charge is 2.04. The van der Waals surface area contributed by atoms with Crippen molar-refractivity contribution in [1.82, 2.24) is 4.98 Å². The van der Waals surface area contributed by atoms with Gasteiger partial charge in [0.1, 0.15) is 12.4 Å². The van der Waals surface area contributed by atoms with Gasteiger partial charge in [-0.2, -0.15) is 0 Å². The second-order valence-electron chi connectivity index (χ2n) is 4.70. The first kappa shape index (κ1) is 12.9. The van der Waals surface area contributed by atoms with Crippen LogP contribution in [0.4, 0.5) is 0 Å². The fraction of sp³-hybridized carbons (Fsp3) is 0.118. The largest absolute Gasteiger partial charge is 0.489 e. The zero-order valence-electron chi connectivity index (χ0n) is 11.1. The summed E-state index contributed by atoms with van der Waals surface area (Å²) in [6.45, 7) is 2.48. The standard InChI is InChI=1S/C17H14ClNO/c1-12-9-16(18)15-8-7-14(10-17(15)19-12)20-11-13-5-3-2-4-6-13/h2-10H,11H2,1H3. The van der Waals surface area contributed by atoms with Gasteiger partial charge in [0.2, 0.25) is 0 Å². The first-order valence-electron chi connectivity index (χ1n) is 6.46. The third-order valence-corrected chi connectivity index (χ3v) is 3.42. The van der Waals surface area contributed by atoms with Crippen molar-refractivity contribution in [3.63, 3.8) is 0 Å². The van der Waals surface area contributed by atoms with Gasteiger partial charge in [-0.15, -0.1) is 0 Å². The molecule has 0 aliphatic carbocycles. The highest BCUT2D eigenvalue weighted by Crippen LogP contribution is 2.26. The first-order chi connectivity index (χ1) is 9.72. The zero-order valence-corrected chi connectivity index (χ0v) is 11.9. The molecule has 0 saturated heterocycles. The van der Waals surface area contributed by atoms with Crippen molar-refractivity contribution in [3.05, 3.63) is 70.9 Å². The Labute approximate surface area is 123 Å². The van der Waals surface area contributed by atoms with Crippen LogP contribution in [0.3, 0.4) is 0 Å². The summed E-state index contributed by atoms with van der Waals surface area (Å²) in [5.74, 6) is 0.801. The van der Waals surface area contributed by atoms with Gasteiger partial charge in [0.15, 0.2) is 0 Å². The third kappa shape index (κ3) is 2.75. The molecule has 0 saturated carbocycles. The number of fused-ring (bicyclic) bond motifs is 1. The predicted octanol–water partition coefficient (Wildman–Crippen LogP) is 4.78. The van der Waals surface area contributed by atoms with Gasteiger partial charge in [0.25, 0.3) is 0 Å². The third-order valence-electron chi connectivity index (χ3n) is 3.11. The minimum Gasteiger partial charge on any atom is -0.489 e. The van der Waals surface area contributed by atoms with Crippen LogP contribution in [0.15, 0.2) is 54.6 Å². The molecule has 2 aromatic carbocycles. The Morgan fingerprint density at radius 2 is 1.85 bits per heavy atom. The Balaban J connectivity index is 1.86. The zero-order chi connectivity index (χ0) is 13.9. The number of hydrogen-bond acceptors (Lipinski definition) is 2. The molecule has 0 spiro atoms. The molecule has 0 amide bonds. The molecular formula is C17H14ClNO. The van der Waals surface area contributed by atoms with E-state index in [1.807, 2.05) is 61.5 Å². The normalized spacial score (nSPS) is 10.7.